The molecule has 3 rings (SSSR count). The maximum absolute atomic E-state index is 13.2. The van der Waals surface area contributed by atoms with E-state index < -0.39 is 0 Å². The van der Waals surface area contributed by atoms with Gasteiger partial charge >= 0.3 is 0 Å². The van der Waals surface area contributed by atoms with E-state index in [1.807, 2.05) is 6.07 Å². The van der Waals surface area contributed by atoms with Crippen molar-refractivity contribution in [2.24, 2.45) is 0 Å². The van der Waals surface area contributed by atoms with Gasteiger partial charge in [-0.1, -0.05) is 28.1 Å². The van der Waals surface area contributed by atoms with Crippen LogP contribution in [0.1, 0.15) is 11.1 Å². The van der Waals surface area contributed by atoms with Gasteiger partial charge in [-0.05, 0) is 29.3 Å². The molecule has 1 heterocycles. The third-order valence-electron chi connectivity index (χ3n) is 3.25. The Balaban J connectivity index is 1.59. The first kappa shape index (κ1) is 13.4. The largest absolute Gasteiger partial charge is 0.493 e. The van der Waals surface area contributed by atoms with E-state index in [4.69, 9.17) is 9.47 Å². The van der Waals surface area contributed by atoms with Gasteiger partial charge in [0, 0.05) is 23.4 Å². The molecule has 0 atom stereocenters. The number of ether oxygens (including phenoxy) is 2. The summed E-state index contributed by atoms with van der Waals surface area (Å²) < 4.78 is 25.0. The molecule has 0 fully saturated rings. The summed E-state index contributed by atoms with van der Waals surface area (Å²) in [6, 6.07) is 10.8. The van der Waals surface area contributed by atoms with Gasteiger partial charge in [-0.2, -0.15) is 0 Å². The molecule has 0 saturated carbocycles. The van der Waals surface area contributed by atoms with Gasteiger partial charge in [-0.15, -0.1) is 0 Å². The smallest absolute Gasteiger partial charge is 0.128 e. The molecule has 2 aromatic rings. The van der Waals surface area contributed by atoms with E-state index >= 15 is 0 Å². The van der Waals surface area contributed by atoms with Crippen LogP contribution in [0.25, 0.3) is 0 Å². The van der Waals surface area contributed by atoms with Crippen molar-refractivity contribution in [3.05, 3.63) is 57.8 Å². The van der Waals surface area contributed by atoms with Crippen molar-refractivity contribution in [3.63, 3.8) is 0 Å². The SMILES string of the molecule is Fc1cc(Br)cc(OCCc2ccc3c(c2)CCO3)c1. The lowest BCUT2D eigenvalue weighted by molar-refractivity contribution is 0.320. The summed E-state index contributed by atoms with van der Waals surface area (Å²) in [5, 5.41) is 0. The van der Waals surface area contributed by atoms with E-state index in [9.17, 15) is 4.39 Å². The molecule has 0 spiro atoms. The van der Waals surface area contributed by atoms with Crippen molar-refractivity contribution in [2.45, 2.75) is 12.8 Å². The fourth-order valence-electron chi connectivity index (χ4n) is 2.29. The van der Waals surface area contributed by atoms with E-state index in [0.29, 0.717) is 16.8 Å². The van der Waals surface area contributed by atoms with Gasteiger partial charge in [0.05, 0.1) is 13.2 Å². The van der Waals surface area contributed by atoms with E-state index in [2.05, 4.69) is 28.1 Å². The first-order valence-corrected chi connectivity index (χ1v) is 7.33. The Hall–Kier alpha value is -1.55. The van der Waals surface area contributed by atoms with Crippen molar-refractivity contribution in [1.29, 1.82) is 0 Å². The second-order valence-electron chi connectivity index (χ2n) is 4.74. The maximum atomic E-state index is 13.2. The minimum absolute atomic E-state index is 0.302. The predicted molar refractivity (Wildman–Crippen MR) is 78.9 cm³/mol. The molecule has 0 saturated heterocycles. The molecule has 0 aromatic heterocycles. The Kier molecular flexibility index (Phi) is 3.92. The lowest BCUT2D eigenvalue weighted by atomic mass is 10.1. The van der Waals surface area contributed by atoms with Crippen molar-refractivity contribution < 1.29 is 13.9 Å². The lowest BCUT2D eigenvalue weighted by Crippen LogP contribution is -2.02. The summed E-state index contributed by atoms with van der Waals surface area (Å²) in [4.78, 5) is 0. The number of hydrogen-bond acceptors (Lipinski definition) is 2. The quantitative estimate of drug-likeness (QED) is 0.835. The molecule has 2 aromatic carbocycles. The molecule has 0 unspecified atom stereocenters. The van der Waals surface area contributed by atoms with Gasteiger partial charge in [0.15, 0.2) is 0 Å². The summed E-state index contributed by atoms with van der Waals surface area (Å²) >= 11 is 3.25. The lowest BCUT2D eigenvalue weighted by Gasteiger charge is -2.08. The number of rotatable bonds is 4. The standard InChI is InChI=1S/C16H14BrFO2/c17-13-8-14(18)10-15(9-13)19-5-3-11-1-2-16-12(7-11)4-6-20-16/h1-2,7-10H,3-6H2. The molecular weight excluding hydrogens is 323 g/mol. The van der Waals surface area contributed by atoms with Gasteiger partial charge in [-0.3, -0.25) is 0 Å². The van der Waals surface area contributed by atoms with Crippen LogP contribution in [0.15, 0.2) is 40.9 Å². The third-order valence-corrected chi connectivity index (χ3v) is 3.71. The molecule has 20 heavy (non-hydrogen) atoms. The van der Waals surface area contributed by atoms with Crippen LogP contribution in [0.2, 0.25) is 0 Å². The third kappa shape index (κ3) is 3.12. The van der Waals surface area contributed by atoms with Crippen LogP contribution >= 0.6 is 15.9 Å². The second-order valence-corrected chi connectivity index (χ2v) is 5.66. The van der Waals surface area contributed by atoms with Crippen LogP contribution in [-0.4, -0.2) is 13.2 Å². The number of halogens is 2. The van der Waals surface area contributed by atoms with E-state index in [1.54, 1.807) is 6.07 Å². The van der Waals surface area contributed by atoms with Crippen molar-refractivity contribution in [1.82, 2.24) is 0 Å². The van der Waals surface area contributed by atoms with Crippen LogP contribution in [-0.2, 0) is 12.8 Å². The Labute approximate surface area is 125 Å². The van der Waals surface area contributed by atoms with Crippen molar-refractivity contribution in [2.75, 3.05) is 13.2 Å². The molecule has 0 aliphatic carbocycles. The van der Waals surface area contributed by atoms with E-state index in [-0.39, 0.29) is 5.82 Å². The predicted octanol–water partition coefficient (Wildman–Crippen LogP) is 4.14. The maximum Gasteiger partial charge on any atom is 0.128 e. The summed E-state index contributed by atoms with van der Waals surface area (Å²) in [5.41, 5.74) is 2.47. The zero-order valence-corrected chi connectivity index (χ0v) is 12.5. The molecule has 0 radical (unpaired) electrons. The molecule has 0 amide bonds. The number of benzene rings is 2. The molecule has 0 bridgehead atoms. The summed E-state index contributed by atoms with van der Waals surface area (Å²) in [6.07, 6.45) is 1.77. The monoisotopic (exact) mass is 336 g/mol. The van der Waals surface area contributed by atoms with Gasteiger partial charge in [0.25, 0.3) is 0 Å². The Morgan fingerprint density at radius 3 is 2.95 bits per heavy atom. The Morgan fingerprint density at radius 1 is 1.20 bits per heavy atom. The highest BCUT2D eigenvalue weighted by Crippen LogP contribution is 2.26. The minimum atomic E-state index is -0.302. The fourth-order valence-corrected chi connectivity index (χ4v) is 2.74. The molecule has 1 aliphatic rings. The zero-order valence-electron chi connectivity index (χ0n) is 10.9. The Bertz CT molecular complexity index is 608. The second kappa shape index (κ2) is 5.83. The van der Waals surface area contributed by atoms with Gasteiger partial charge < -0.3 is 9.47 Å². The van der Waals surface area contributed by atoms with Crippen molar-refractivity contribution >= 4 is 15.9 Å². The molecule has 1 aliphatic heterocycles. The topological polar surface area (TPSA) is 18.5 Å². The number of hydrogen-bond donors (Lipinski definition) is 0. The number of fused-ring (bicyclic) bond motifs is 1. The normalized spacial score (nSPS) is 12.9. The summed E-state index contributed by atoms with van der Waals surface area (Å²) in [6.45, 7) is 1.29. The van der Waals surface area contributed by atoms with Gasteiger partial charge in [0.2, 0.25) is 0 Å². The molecule has 104 valence electrons. The van der Waals surface area contributed by atoms with Crippen molar-refractivity contribution in [3.8, 4) is 11.5 Å². The van der Waals surface area contributed by atoms with Gasteiger partial charge in [-0.25, -0.2) is 4.39 Å². The Morgan fingerprint density at radius 2 is 2.10 bits per heavy atom. The zero-order chi connectivity index (χ0) is 13.9. The summed E-state index contributed by atoms with van der Waals surface area (Å²) in [7, 11) is 0. The van der Waals surface area contributed by atoms with E-state index in [0.717, 1.165) is 25.2 Å². The first-order chi connectivity index (χ1) is 9.70. The fraction of sp³-hybridized carbons (Fsp3) is 0.250. The first-order valence-electron chi connectivity index (χ1n) is 6.54. The van der Waals surface area contributed by atoms with Crippen LogP contribution < -0.4 is 9.47 Å². The minimum Gasteiger partial charge on any atom is -0.493 e. The molecular formula is C16H14BrFO2. The van der Waals surface area contributed by atoms with Gasteiger partial charge in [0.1, 0.15) is 17.3 Å². The highest BCUT2D eigenvalue weighted by Gasteiger charge is 2.11. The highest BCUT2D eigenvalue weighted by atomic mass is 79.9. The molecule has 0 N–H and O–H groups in total. The van der Waals surface area contributed by atoms with Crippen LogP contribution in [0, 0.1) is 5.82 Å². The van der Waals surface area contributed by atoms with Crippen LogP contribution in [0.5, 0.6) is 11.5 Å². The average molecular weight is 337 g/mol. The van der Waals surface area contributed by atoms with Crippen LogP contribution in [0.3, 0.4) is 0 Å². The van der Waals surface area contributed by atoms with Crippen LogP contribution in [0.4, 0.5) is 4.39 Å². The average Bonchev–Trinajstić information content (AvgIpc) is 2.85. The highest BCUT2D eigenvalue weighted by molar-refractivity contribution is 9.10. The van der Waals surface area contributed by atoms with E-state index in [1.165, 1.54) is 23.3 Å². The molecule has 4 heteroatoms. The summed E-state index contributed by atoms with van der Waals surface area (Å²) in [5.74, 6) is 1.23. The molecule has 2 nitrogen and oxygen atoms in total.